The molecular weight excluding hydrogens is 372 g/mol. The van der Waals surface area contributed by atoms with Gasteiger partial charge in [0.2, 0.25) is 17.9 Å². The molecule has 0 spiro atoms. The zero-order chi connectivity index (χ0) is 20.8. The molecule has 0 aliphatic heterocycles. The number of ether oxygens (including phenoxy) is 1. The van der Waals surface area contributed by atoms with Gasteiger partial charge < -0.3 is 21.9 Å². The zero-order valence-electron chi connectivity index (χ0n) is 15.6. The molecule has 1 aromatic heterocycles. The first kappa shape index (κ1) is 19.9. The van der Waals surface area contributed by atoms with Crippen molar-refractivity contribution >= 4 is 34.5 Å². The predicted octanol–water partition coefficient (Wildman–Crippen LogP) is 1.95. The van der Waals surface area contributed by atoms with Crippen molar-refractivity contribution in [1.29, 1.82) is 0 Å². The number of fused-ring (bicyclic) bond motifs is 1. The molecule has 0 radical (unpaired) electrons. The number of benzene rings is 2. The molecule has 0 saturated carbocycles. The lowest BCUT2D eigenvalue weighted by molar-refractivity contribution is -0.118. The summed E-state index contributed by atoms with van der Waals surface area (Å²) >= 11 is 0. The Hall–Kier alpha value is -3.81. The molecule has 1 amide bonds. The number of nitrogens with zero attached hydrogens (tertiary/aromatic N) is 3. The van der Waals surface area contributed by atoms with Gasteiger partial charge in [-0.05, 0) is 30.2 Å². The Bertz CT molecular complexity index is 1110. The number of amides is 1. The van der Waals surface area contributed by atoms with Crippen molar-refractivity contribution in [2.75, 3.05) is 12.3 Å². The zero-order valence-corrected chi connectivity index (χ0v) is 15.6. The van der Waals surface area contributed by atoms with Crippen LogP contribution in [-0.4, -0.2) is 28.6 Å². The number of nitrogen functional groups attached to an aromatic ring is 1. The first-order valence-electron chi connectivity index (χ1n) is 8.92. The maximum Gasteiger partial charge on any atom is 0.240 e. The molecular formula is C20H20N6O3. The maximum absolute atomic E-state index is 11.0. The largest absolute Gasteiger partial charge is 0.493 e. The number of carbonyl (C=O) groups excluding carboxylic acids is 2. The summed E-state index contributed by atoms with van der Waals surface area (Å²) in [4.78, 5) is 34.4. The fourth-order valence-electron chi connectivity index (χ4n) is 3.02. The number of hydrogen-bond acceptors (Lipinski definition) is 8. The number of anilines is 1. The average molecular weight is 392 g/mol. The van der Waals surface area contributed by atoms with E-state index >= 15 is 0 Å². The van der Waals surface area contributed by atoms with Crippen LogP contribution in [0.3, 0.4) is 0 Å². The van der Waals surface area contributed by atoms with E-state index in [0.717, 1.165) is 0 Å². The van der Waals surface area contributed by atoms with E-state index in [0.29, 0.717) is 52.2 Å². The minimum Gasteiger partial charge on any atom is -0.493 e. The first-order chi connectivity index (χ1) is 14.0. The van der Waals surface area contributed by atoms with E-state index in [9.17, 15) is 9.59 Å². The third kappa shape index (κ3) is 4.37. The molecule has 29 heavy (non-hydrogen) atoms. The number of rotatable bonds is 8. The molecule has 0 unspecified atom stereocenters. The fraction of sp³-hybridized carbons (Fsp3) is 0.200. The van der Waals surface area contributed by atoms with Crippen LogP contribution in [0, 0.1) is 0 Å². The first-order valence-corrected chi connectivity index (χ1v) is 8.92. The van der Waals surface area contributed by atoms with Gasteiger partial charge in [0, 0.05) is 18.5 Å². The number of aromatic nitrogens is 2. The minimum atomic E-state index is -0.387. The van der Waals surface area contributed by atoms with Gasteiger partial charge in [-0.2, -0.15) is 4.99 Å². The molecule has 6 N–H and O–H groups in total. The van der Waals surface area contributed by atoms with Crippen LogP contribution in [0.15, 0.2) is 41.4 Å². The standard InChI is InChI=1S/C20H20N6O3/c21-10-12-7-8-14-17(18(12)24-11-27)19(26-20(23)25-14)13-4-1-2-5-15(13)29-9-3-6-16(22)28/h1-2,4-5,7-8H,3,6,9-10,21H2,(H2,22,28)(H2,23,25,26). The summed E-state index contributed by atoms with van der Waals surface area (Å²) in [7, 11) is 0. The highest BCUT2D eigenvalue weighted by atomic mass is 16.5. The maximum atomic E-state index is 11.0. The molecule has 0 aliphatic rings. The monoisotopic (exact) mass is 392 g/mol. The summed E-state index contributed by atoms with van der Waals surface area (Å²) in [6.45, 7) is 0.470. The fourth-order valence-corrected chi connectivity index (χ4v) is 3.02. The van der Waals surface area contributed by atoms with Crippen molar-refractivity contribution in [3.8, 4) is 17.0 Å². The Morgan fingerprint density at radius 3 is 2.69 bits per heavy atom. The van der Waals surface area contributed by atoms with Crippen LogP contribution in [-0.2, 0) is 16.1 Å². The van der Waals surface area contributed by atoms with E-state index < -0.39 is 0 Å². The molecule has 0 saturated heterocycles. The molecule has 0 bridgehead atoms. The molecule has 3 aromatic rings. The van der Waals surface area contributed by atoms with Gasteiger partial charge in [-0.1, -0.05) is 18.2 Å². The predicted molar refractivity (Wildman–Crippen MR) is 109 cm³/mol. The van der Waals surface area contributed by atoms with E-state index in [1.165, 1.54) is 0 Å². The summed E-state index contributed by atoms with van der Waals surface area (Å²) in [5.74, 6) is 0.218. The van der Waals surface area contributed by atoms with Crippen molar-refractivity contribution in [2.45, 2.75) is 19.4 Å². The number of aliphatic imine (C=N–C) groups is 1. The normalized spacial score (nSPS) is 10.5. The van der Waals surface area contributed by atoms with E-state index in [2.05, 4.69) is 15.0 Å². The molecule has 3 rings (SSSR count). The summed E-state index contributed by atoms with van der Waals surface area (Å²) in [6, 6.07) is 10.7. The molecule has 9 heteroatoms. The Balaban J connectivity index is 2.17. The van der Waals surface area contributed by atoms with Gasteiger partial charge in [0.05, 0.1) is 28.9 Å². The van der Waals surface area contributed by atoms with Gasteiger partial charge in [0.1, 0.15) is 5.75 Å². The summed E-state index contributed by atoms with van der Waals surface area (Å²) in [6.07, 6.45) is 2.28. The highest BCUT2D eigenvalue weighted by Crippen LogP contribution is 2.39. The smallest absolute Gasteiger partial charge is 0.240 e. The van der Waals surface area contributed by atoms with Crippen LogP contribution in [0.4, 0.5) is 11.6 Å². The number of nitrogens with two attached hydrogens (primary N) is 3. The Kier molecular flexibility index (Phi) is 6.13. The molecule has 0 atom stereocenters. The lowest BCUT2D eigenvalue weighted by atomic mass is 10.0. The van der Waals surface area contributed by atoms with Crippen LogP contribution < -0.4 is 21.9 Å². The van der Waals surface area contributed by atoms with E-state index in [4.69, 9.17) is 21.9 Å². The van der Waals surface area contributed by atoms with Crippen molar-refractivity contribution in [3.05, 3.63) is 42.0 Å². The Morgan fingerprint density at radius 2 is 1.97 bits per heavy atom. The van der Waals surface area contributed by atoms with Crippen LogP contribution in [0.5, 0.6) is 5.75 Å². The SMILES string of the molecule is NCc1ccc2nc(N)nc(-c3ccccc3OCCCC(N)=O)c2c1N=C=O. The van der Waals surface area contributed by atoms with Gasteiger partial charge in [-0.25, -0.2) is 14.8 Å². The van der Waals surface area contributed by atoms with E-state index in [1.807, 2.05) is 18.2 Å². The molecule has 0 aliphatic carbocycles. The number of isocyanates is 1. The summed E-state index contributed by atoms with van der Waals surface area (Å²) < 4.78 is 5.85. The van der Waals surface area contributed by atoms with Crippen molar-refractivity contribution in [1.82, 2.24) is 9.97 Å². The Morgan fingerprint density at radius 1 is 1.17 bits per heavy atom. The van der Waals surface area contributed by atoms with Crippen LogP contribution in [0.1, 0.15) is 18.4 Å². The molecule has 2 aromatic carbocycles. The van der Waals surface area contributed by atoms with E-state index in [1.54, 1.807) is 24.3 Å². The van der Waals surface area contributed by atoms with Gasteiger partial charge >= 0.3 is 0 Å². The number of para-hydroxylation sites is 1. The van der Waals surface area contributed by atoms with Crippen LogP contribution >= 0.6 is 0 Å². The summed E-state index contributed by atoms with van der Waals surface area (Å²) in [5.41, 5.74) is 19.5. The second-order valence-corrected chi connectivity index (χ2v) is 6.22. The van der Waals surface area contributed by atoms with Gasteiger partial charge in [0.15, 0.2) is 0 Å². The van der Waals surface area contributed by atoms with Gasteiger partial charge in [0.25, 0.3) is 0 Å². The highest BCUT2D eigenvalue weighted by Gasteiger charge is 2.18. The van der Waals surface area contributed by atoms with E-state index in [-0.39, 0.29) is 24.8 Å². The third-order valence-corrected chi connectivity index (χ3v) is 4.28. The molecule has 1 heterocycles. The molecule has 0 fully saturated rings. The Labute approximate surface area is 166 Å². The number of hydrogen-bond donors (Lipinski definition) is 3. The number of primary amides is 1. The molecule has 9 nitrogen and oxygen atoms in total. The lowest BCUT2D eigenvalue weighted by Crippen LogP contribution is -2.12. The summed E-state index contributed by atoms with van der Waals surface area (Å²) in [5, 5.41) is 0.527. The highest BCUT2D eigenvalue weighted by molar-refractivity contribution is 6.03. The quantitative estimate of drug-likeness (QED) is 0.300. The van der Waals surface area contributed by atoms with Crippen LogP contribution in [0.2, 0.25) is 0 Å². The minimum absolute atomic E-state index is 0.0672. The van der Waals surface area contributed by atoms with Crippen molar-refractivity contribution in [3.63, 3.8) is 0 Å². The average Bonchev–Trinajstić information content (AvgIpc) is 2.71. The third-order valence-electron chi connectivity index (χ3n) is 4.28. The van der Waals surface area contributed by atoms with Gasteiger partial charge in [-0.15, -0.1) is 0 Å². The topological polar surface area (TPSA) is 160 Å². The van der Waals surface area contributed by atoms with Crippen molar-refractivity contribution in [2.24, 2.45) is 16.5 Å². The van der Waals surface area contributed by atoms with Gasteiger partial charge in [-0.3, -0.25) is 4.79 Å². The second kappa shape index (κ2) is 8.92. The number of carbonyl (C=O) groups is 1. The van der Waals surface area contributed by atoms with Crippen LogP contribution in [0.25, 0.3) is 22.2 Å². The lowest BCUT2D eigenvalue weighted by Gasteiger charge is -2.15. The van der Waals surface area contributed by atoms with Crippen molar-refractivity contribution < 1.29 is 14.3 Å². The molecule has 148 valence electrons. The second-order valence-electron chi connectivity index (χ2n) is 6.22.